The van der Waals surface area contributed by atoms with E-state index in [0.29, 0.717) is 29.1 Å². The molecule has 1 aliphatic heterocycles. The predicted octanol–water partition coefficient (Wildman–Crippen LogP) is 1.75. The number of hydrogen-bond acceptors (Lipinski definition) is 7. The van der Waals surface area contributed by atoms with Crippen LogP contribution >= 0.6 is 11.6 Å². The molecule has 0 radical (unpaired) electrons. The molecule has 6 atom stereocenters. The molecule has 1 saturated heterocycles. The van der Waals surface area contributed by atoms with Crippen LogP contribution in [0.3, 0.4) is 0 Å². The van der Waals surface area contributed by atoms with E-state index in [-0.39, 0.29) is 0 Å². The Morgan fingerprint density at radius 3 is 2.53 bits per heavy atom. The minimum Gasteiger partial charge on any atom is -0.393 e. The summed E-state index contributed by atoms with van der Waals surface area (Å²) >= 11 is 5.89. The van der Waals surface area contributed by atoms with E-state index in [4.69, 9.17) is 16.3 Å². The third kappa shape index (κ3) is 3.94. The fraction of sp³-hybridized carbons (Fsp3) is 0.429. The van der Waals surface area contributed by atoms with Crippen LogP contribution in [0.1, 0.15) is 36.9 Å². The predicted molar refractivity (Wildman–Crippen MR) is 110 cm³/mol. The summed E-state index contributed by atoms with van der Waals surface area (Å²) < 4.78 is 7.53. The van der Waals surface area contributed by atoms with Crippen LogP contribution in [0.4, 0.5) is 0 Å². The van der Waals surface area contributed by atoms with E-state index in [9.17, 15) is 20.4 Å². The molecule has 1 unspecified atom stereocenters. The molecule has 0 saturated carbocycles. The molecule has 0 bridgehead atoms. The third-order valence-corrected chi connectivity index (χ3v) is 5.71. The zero-order valence-corrected chi connectivity index (χ0v) is 17.1. The topological polar surface area (TPSA) is 121 Å². The molecule has 1 aromatic carbocycles. The molecular weight excluding hydrogens is 410 g/mol. The maximum atomic E-state index is 10.7. The molecule has 4 N–H and O–H groups in total. The second-order valence-electron chi connectivity index (χ2n) is 7.64. The lowest BCUT2D eigenvalue weighted by molar-refractivity contribution is -0.0848. The number of nitrogens with zero attached hydrogens (tertiary/aromatic N) is 3. The summed E-state index contributed by atoms with van der Waals surface area (Å²) in [7, 11) is 0. The number of rotatable bonds is 6. The highest BCUT2D eigenvalue weighted by Gasteiger charge is 2.47. The highest BCUT2D eigenvalue weighted by atomic mass is 35.5. The summed E-state index contributed by atoms with van der Waals surface area (Å²) in [5, 5.41) is 42.8. The van der Waals surface area contributed by atoms with Crippen molar-refractivity contribution in [2.45, 2.75) is 56.5 Å². The number of hydrogen-bond donors (Lipinski definition) is 4. The van der Waals surface area contributed by atoms with Gasteiger partial charge >= 0.3 is 0 Å². The van der Waals surface area contributed by atoms with Gasteiger partial charge in [-0.1, -0.05) is 23.7 Å². The molecule has 1 fully saturated rings. The normalized spacial score (nSPS) is 26.2. The van der Waals surface area contributed by atoms with Crippen molar-refractivity contribution in [3.8, 4) is 0 Å². The molecule has 3 heterocycles. The summed E-state index contributed by atoms with van der Waals surface area (Å²) in [6, 6.07) is 8.39. The van der Waals surface area contributed by atoms with Crippen molar-refractivity contribution in [2.24, 2.45) is 0 Å². The molecule has 1 aliphatic rings. The highest BCUT2D eigenvalue weighted by Crippen LogP contribution is 2.37. The maximum Gasteiger partial charge on any atom is 0.164 e. The van der Waals surface area contributed by atoms with E-state index in [1.807, 2.05) is 6.07 Å². The number of aliphatic hydroxyl groups excluding tert-OH is 4. The minimum atomic E-state index is -1.30. The number of aromatic nitrogens is 3. The Kier molecular flexibility index (Phi) is 6.06. The second kappa shape index (κ2) is 8.58. The van der Waals surface area contributed by atoms with Gasteiger partial charge in [-0.25, -0.2) is 9.97 Å². The molecule has 30 heavy (non-hydrogen) atoms. The van der Waals surface area contributed by atoms with E-state index in [2.05, 4.69) is 9.97 Å². The molecule has 3 aromatic rings. The first-order valence-corrected chi connectivity index (χ1v) is 10.2. The number of aryl methyl sites for hydroxylation is 1. The van der Waals surface area contributed by atoms with Gasteiger partial charge in [0.2, 0.25) is 0 Å². The van der Waals surface area contributed by atoms with Crippen LogP contribution in [0.15, 0.2) is 42.9 Å². The molecule has 0 spiro atoms. The van der Waals surface area contributed by atoms with Crippen molar-refractivity contribution in [3.63, 3.8) is 0 Å². The van der Waals surface area contributed by atoms with Crippen LogP contribution in [0.2, 0.25) is 5.02 Å². The monoisotopic (exact) mass is 433 g/mol. The lowest BCUT2D eigenvalue weighted by Gasteiger charge is -2.21. The van der Waals surface area contributed by atoms with Crippen LogP contribution < -0.4 is 0 Å². The van der Waals surface area contributed by atoms with Crippen molar-refractivity contribution in [1.29, 1.82) is 0 Å². The summed E-state index contributed by atoms with van der Waals surface area (Å²) in [6.45, 7) is 1.72. The SMILES string of the molecule is CC(O)CCc1ncnc2c1ccn2[C@@H]1O[C@H]([C@H](O)c2ccc(Cl)cc2)[C@@H](O)[C@H]1O. The molecule has 0 amide bonds. The van der Waals surface area contributed by atoms with Crippen molar-refractivity contribution in [2.75, 3.05) is 0 Å². The Bertz CT molecular complexity index is 1010. The van der Waals surface area contributed by atoms with Crippen molar-refractivity contribution in [1.82, 2.24) is 14.5 Å². The number of fused-ring (bicyclic) bond motifs is 1. The standard InChI is InChI=1S/C21H24ClN3O5/c1-11(26)2-7-15-14-8-9-25(20(14)24-10-23-15)21-18(29)17(28)19(30-21)16(27)12-3-5-13(22)6-4-12/h3-6,8-11,16-19,21,26-29H,2,7H2,1H3/t11?,16-,17+,18-,19-,21-/m1/s1. The lowest BCUT2D eigenvalue weighted by Crippen LogP contribution is -2.34. The lowest BCUT2D eigenvalue weighted by atomic mass is 9.99. The smallest absolute Gasteiger partial charge is 0.164 e. The molecule has 2 aromatic heterocycles. The Hall–Kier alpha value is -2.07. The van der Waals surface area contributed by atoms with Gasteiger partial charge in [-0.15, -0.1) is 0 Å². The Morgan fingerprint density at radius 1 is 1.10 bits per heavy atom. The Morgan fingerprint density at radius 2 is 1.83 bits per heavy atom. The van der Waals surface area contributed by atoms with E-state index in [1.165, 1.54) is 6.33 Å². The first-order valence-electron chi connectivity index (χ1n) is 9.80. The summed E-state index contributed by atoms with van der Waals surface area (Å²) in [5.41, 5.74) is 1.85. The van der Waals surface area contributed by atoms with Gasteiger partial charge in [0.05, 0.1) is 11.8 Å². The zero-order valence-electron chi connectivity index (χ0n) is 16.3. The maximum absolute atomic E-state index is 10.7. The third-order valence-electron chi connectivity index (χ3n) is 5.46. The van der Waals surface area contributed by atoms with Crippen LogP contribution in [0, 0.1) is 0 Å². The number of benzene rings is 1. The van der Waals surface area contributed by atoms with E-state index in [1.54, 1.807) is 42.0 Å². The fourth-order valence-corrected chi connectivity index (χ4v) is 3.93. The van der Waals surface area contributed by atoms with Gasteiger partial charge in [-0.3, -0.25) is 0 Å². The first kappa shape index (κ1) is 21.2. The van der Waals surface area contributed by atoms with Gasteiger partial charge in [-0.2, -0.15) is 0 Å². The number of ether oxygens (including phenoxy) is 1. The average Bonchev–Trinajstić information content (AvgIpc) is 3.28. The second-order valence-corrected chi connectivity index (χ2v) is 8.07. The van der Waals surface area contributed by atoms with Gasteiger partial charge in [0.1, 0.15) is 36.4 Å². The van der Waals surface area contributed by atoms with Crippen LogP contribution in [-0.4, -0.2) is 59.4 Å². The largest absolute Gasteiger partial charge is 0.393 e. The van der Waals surface area contributed by atoms with E-state index >= 15 is 0 Å². The van der Waals surface area contributed by atoms with Crippen LogP contribution in [-0.2, 0) is 11.2 Å². The summed E-state index contributed by atoms with van der Waals surface area (Å²) in [4.78, 5) is 8.61. The van der Waals surface area contributed by atoms with Gasteiger partial charge in [0.15, 0.2) is 6.23 Å². The first-order chi connectivity index (χ1) is 14.4. The van der Waals surface area contributed by atoms with Gasteiger partial charge in [0.25, 0.3) is 0 Å². The number of aliphatic hydroxyl groups is 4. The van der Waals surface area contributed by atoms with Gasteiger partial charge < -0.3 is 29.7 Å². The molecule has 8 nitrogen and oxygen atoms in total. The van der Waals surface area contributed by atoms with Gasteiger partial charge in [0, 0.05) is 16.6 Å². The fourth-order valence-electron chi connectivity index (χ4n) is 3.80. The minimum absolute atomic E-state index is 0.442. The van der Waals surface area contributed by atoms with Crippen LogP contribution in [0.25, 0.3) is 11.0 Å². The average molecular weight is 434 g/mol. The quantitative estimate of drug-likeness (QED) is 0.467. The molecule has 160 valence electrons. The number of halogens is 1. The molecule has 4 rings (SSSR count). The van der Waals surface area contributed by atoms with Crippen molar-refractivity contribution < 1.29 is 25.2 Å². The van der Waals surface area contributed by atoms with Gasteiger partial charge in [-0.05, 0) is 43.5 Å². The Balaban J connectivity index is 1.60. The summed E-state index contributed by atoms with van der Waals surface area (Å²) in [6.07, 6.45) is -1.82. The van der Waals surface area contributed by atoms with Crippen molar-refractivity contribution in [3.05, 3.63) is 59.1 Å². The Labute approximate surface area is 178 Å². The van der Waals surface area contributed by atoms with Crippen LogP contribution in [0.5, 0.6) is 0 Å². The van der Waals surface area contributed by atoms with Crippen molar-refractivity contribution >= 4 is 22.6 Å². The highest BCUT2D eigenvalue weighted by molar-refractivity contribution is 6.30. The molecule has 0 aliphatic carbocycles. The van der Waals surface area contributed by atoms with E-state index in [0.717, 1.165) is 11.1 Å². The van der Waals surface area contributed by atoms with E-state index < -0.39 is 36.7 Å². The molecular formula is C21H24ClN3O5. The zero-order chi connectivity index (χ0) is 21.4. The summed E-state index contributed by atoms with van der Waals surface area (Å²) in [5.74, 6) is 0. The molecule has 9 heteroatoms.